The number of likely N-dealkylation sites (tertiary alicyclic amines) is 1. The molecule has 0 aliphatic carbocycles. The second-order valence-electron chi connectivity index (χ2n) is 6.11. The van der Waals surface area contributed by atoms with E-state index in [4.69, 9.17) is 11.5 Å². The monoisotopic (exact) mass is 328 g/mol. The highest BCUT2D eigenvalue weighted by Gasteiger charge is 2.31. The maximum atomic E-state index is 12.5. The van der Waals surface area contributed by atoms with Crippen LogP contribution in [0.4, 0.5) is 0 Å². The Morgan fingerprint density at radius 2 is 2.26 bits per heavy atom. The van der Waals surface area contributed by atoms with E-state index in [2.05, 4.69) is 18.8 Å². The van der Waals surface area contributed by atoms with Gasteiger partial charge < -0.3 is 16.4 Å². The minimum Gasteiger partial charge on any atom is -0.365 e. The highest BCUT2D eigenvalue weighted by atomic mass is 16.7. The molecule has 9 heteroatoms. The summed E-state index contributed by atoms with van der Waals surface area (Å²) in [5.41, 5.74) is 13.1. The van der Waals surface area contributed by atoms with Crippen LogP contribution in [0.25, 0.3) is 0 Å². The van der Waals surface area contributed by atoms with E-state index in [1.165, 1.54) is 0 Å². The van der Waals surface area contributed by atoms with Crippen molar-refractivity contribution in [3.63, 3.8) is 0 Å². The fraction of sp³-hybridized carbons (Fsp3) is 0.857. The molecule has 0 aromatic carbocycles. The maximum absolute atomic E-state index is 12.5. The van der Waals surface area contributed by atoms with Crippen LogP contribution in [-0.4, -0.2) is 47.0 Å². The first-order valence-electron chi connectivity index (χ1n) is 8.12. The van der Waals surface area contributed by atoms with Gasteiger partial charge in [-0.15, -0.1) is 0 Å². The van der Waals surface area contributed by atoms with Crippen molar-refractivity contribution in [2.24, 2.45) is 22.4 Å². The molecule has 1 heterocycles. The summed E-state index contributed by atoms with van der Waals surface area (Å²) in [6.45, 7) is 5.37. The fourth-order valence-electron chi connectivity index (χ4n) is 2.90. The van der Waals surface area contributed by atoms with Gasteiger partial charge in [0.05, 0.1) is 6.04 Å². The Morgan fingerprint density at radius 3 is 2.87 bits per heavy atom. The number of nitrogens with two attached hydrogens (primary N) is 2. The Morgan fingerprint density at radius 1 is 1.57 bits per heavy atom. The molecule has 0 aromatic heterocycles. The molecule has 0 unspecified atom stereocenters. The van der Waals surface area contributed by atoms with E-state index in [0.717, 1.165) is 25.8 Å². The molecule has 9 nitrogen and oxygen atoms in total. The van der Waals surface area contributed by atoms with Crippen molar-refractivity contribution in [2.45, 2.75) is 58.0 Å². The van der Waals surface area contributed by atoms with E-state index in [1.807, 2.05) is 4.90 Å². The zero-order chi connectivity index (χ0) is 17.4. The van der Waals surface area contributed by atoms with E-state index in [1.54, 1.807) is 5.43 Å². The summed E-state index contributed by atoms with van der Waals surface area (Å²) in [6, 6.07) is -0.285. The van der Waals surface area contributed by atoms with Crippen molar-refractivity contribution in [1.82, 2.24) is 10.3 Å². The lowest BCUT2D eigenvalue weighted by Gasteiger charge is -2.39. The molecule has 0 aromatic rings. The summed E-state index contributed by atoms with van der Waals surface area (Å²) in [4.78, 5) is 28.4. The molecule has 0 spiro atoms. The number of rotatable bonds is 7. The predicted octanol–water partition coefficient (Wildman–Crippen LogP) is 0.227. The zero-order valence-corrected chi connectivity index (χ0v) is 13.9. The van der Waals surface area contributed by atoms with Gasteiger partial charge in [0.2, 0.25) is 5.91 Å². The van der Waals surface area contributed by atoms with Crippen molar-refractivity contribution in [1.29, 1.82) is 0 Å². The van der Waals surface area contributed by atoms with Gasteiger partial charge in [-0.05, 0) is 38.0 Å². The number of hydrogen-bond donors (Lipinski definition) is 3. The number of amides is 1. The first kappa shape index (κ1) is 19.1. The minimum atomic E-state index is -0.768. The number of hydrazine groups is 1. The molecule has 0 bridgehead atoms. The summed E-state index contributed by atoms with van der Waals surface area (Å²) in [5, 5.41) is 9.39. The Hall–Kier alpha value is -1.90. The number of carbonyl (C=O) groups is 1. The van der Waals surface area contributed by atoms with Gasteiger partial charge in [-0.3, -0.25) is 4.79 Å². The number of nitro groups is 1. The molecular weight excluding hydrogens is 300 g/mol. The molecule has 0 radical (unpaired) electrons. The second kappa shape index (κ2) is 9.29. The third-order valence-corrected chi connectivity index (χ3v) is 4.21. The van der Waals surface area contributed by atoms with Gasteiger partial charge >= 0.3 is 0 Å². The molecule has 23 heavy (non-hydrogen) atoms. The van der Waals surface area contributed by atoms with E-state index < -0.39 is 11.1 Å². The van der Waals surface area contributed by atoms with Gasteiger partial charge in [0, 0.05) is 19.1 Å². The standard InChI is InChI=1S/C14H28N6O3/c1-3-11-9-10(2)6-8-19(11)13(21)12(15)5-4-7-17-14(16)18-20(22)23/h10-12H,3-9,15H2,1-2H3,(H3,16,17,18)/t10-,11-,12+/m1/s1. The second-order valence-corrected chi connectivity index (χ2v) is 6.11. The van der Waals surface area contributed by atoms with E-state index in [9.17, 15) is 14.9 Å². The van der Waals surface area contributed by atoms with Gasteiger partial charge in [-0.2, -0.15) is 0 Å². The SMILES string of the molecule is CC[C@@H]1C[C@H](C)CCN1C(=O)[C@@H](N)CCCN=C(N)N[N+](=O)[O-]. The Labute approximate surface area is 136 Å². The molecule has 1 fully saturated rings. The van der Waals surface area contributed by atoms with Gasteiger partial charge in [-0.25, -0.2) is 15.1 Å². The molecule has 132 valence electrons. The lowest BCUT2D eigenvalue weighted by molar-refractivity contribution is -0.525. The smallest absolute Gasteiger partial charge is 0.251 e. The van der Waals surface area contributed by atoms with Crippen LogP contribution in [0.3, 0.4) is 0 Å². The quantitative estimate of drug-likeness (QED) is 0.201. The minimum absolute atomic E-state index is 0.0101. The van der Waals surface area contributed by atoms with Crippen molar-refractivity contribution >= 4 is 11.9 Å². The summed E-state index contributed by atoms with van der Waals surface area (Å²) >= 11 is 0. The molecule has 5 N–H and O–H groups in total. The molecule has 1 aliphatic rings. The van der Waals surface area contributed by atoms with Crippen LogP contribution >= 0.6 is 0 Å². The van der Waals surface area contributed by atoms with Crippen molar-refractivity contribution in [3.05, 3.63) is 10.1 Å². The maximum Gasteiger partial charge on any atom is 0.251 e. The van der Waals surface area contributed by atoms with Crippen LogP contribution in [-0.2, 0) is 4.79 Å². The van der Waals surface area contributed by atoms with Crippen molar-refractivity contribution < 1.29 is 9.83 Å². The molecule has 0 saturated carbocycles. The van der Waals surface area contributed by atoms with Crippen LogP contribution in [0.15, 0.2) is 4.99 Å². The normalized spacial score (nSPS) is 23.4. The van der Waals surface area contributed by atoms with Crippen LogP contribution in [0.1, 0.15) is 46.0 Å². The Bertz CT molecular complexity index is 442. The summed E-state index contributed by atoms with van der Waals surface area (Å²) in [5.74, 6) is 0.390. The Balaban J connectivity index is 2.40. The van der Waals surface area contributed by atoms with Gasteiger partial charge in [-0.1, -0.05) is 19.3 Å². The first-order valence-corrected chi connectivity index (χ1v) is 8.12. The lowest BCUT2D eigenvalue weighted by Crippen LogP contribution is -2.51. The van der Waals surface area contributed by atoms with E-state index in [0.29, 0.717) is 25.3 Å². The van der Waals surface area contributed by atoms with Crippen LogP contribution in [0.5, 0.6) is 0 Å². The molecular formula is C14H28N6O3. The topological polar surface area (TPSA) is 140 Å². The Kier molecular flexibility index (Phi) is 7.73. The lowest BCUT2D eigenvalue weighted by atomic mass is 9.90. The number of nitrogens with zero attached hydrogens (tertiary/aromatic N) is 3. The molecule has 1 aliphatic heterocycles. The summed E-state index contributed by atoms with van der Waals surface area (Å²) in [7, 11) is 0. The van der Waals surface area contributed by atoms with Gasteiger partial charge in [0.25, 0.3) is 5.96 Å². The van der Waals surface area contributed by atoms with Gasteiger partial charge in [0.1, 0.15) is 0 Å². The van der Waals surface area contributed by atoms with E-state index >= 15 is 0 Å². The number of hydrogen-bond acceptors (Lipinski definition) is 5. The number of nitrogens with one attached hydrogen (secondary N) is 1. The number of piperidine rings is 1. The highest BCUT2D eigenvalue weighted by molar-refractivity contribution is 5.82. The largest absolute Gasteiger partial charge is 0.365 e. The van der Waals surface area contributed by atoms with E-state index in [-0.39, 0.29) is 17.9 Å². The fourth-order valence-corrected chi connectivity index (χ4v) is 2.90. The number of guanidine groups is 1. The third kappa shape index (κ3) is 6.39. The number of carbonyl (C=O) groups excluding carboxylic acids is 1. The van der Waals surface area contributed by atoms with Crippen molar-refractivity contribution in [3.8, 4) is 0 Å². The average molecular weight is 328 g/mol. The summed E-state index contributed by atoms with van der Waals surface area (Å²) < 4.78 is 0. The van der Waals surface area contributed by atoms with Crippen LogP contribution in [0, 0.1) is 16.0 Å². The van der Waals surface area contributed by atoms with Gasteiger partial charge in [0.15, 0.2) is 5.03 Å². The third-order valence-electron chi connectivity index (χ3n) is 4.21. The average Bonchev–Trinajstić information content (AvgIpc) is 2.49. The van der Waals surface area contributed by atoms with Crippen LogP contribution < -0.4 is 16.9 Å². The molecule has 1 amide bonds. The first-order chi connectivity index (χ1) is 10.8. The summed E-state index contributed by atoms with van der Waals surface area (Å²) in [6.07, 6.45) is 4.02. The van der Waals surface area contributed by atoms with Crippen molar-refractivity contribution in [2.75, 3.05) is 13.1 Å². The highest BCUT2D eigenvalue weighted by Crippen LogP contribution is 2.25. The molecule has 1 saturated heterocycles. The molecule has 1 rings (SSSR count). The molecule has 3 atom stereocenters. The zero-order valence-electron chi connectivity index (χ0n) is 13.9. The number of aliphatic imine (C=N–C) groups is 1. The predicted molar refractivity (Wildman–Crippen MR) is 88.0 cm³/mol. The van der Waals surface area contributed by atoms with Crippen LogP contribution in [0.2, 0.25) is 0 Å².